The molecule has 4 atom stereocenters. The molecular formula is C42H73NO8S. The maximum Gasteiger partial charge on any atom is 0.323 e. The van der Waals surface area contributed by atoms with E-state index in [0.29, 0.717) is 6.42 Å². The van der Waals surface area contributed by atoms with Crippen LogP contribution in [0, 0.1) is 0 Å². The SMILES string of the molecule is CCCCC/C=C\C\C=C/C=C/C=C/[C@@H](SC[C@H](N)C(=O)OC[C@H](CO)OC(=O)CCCCCCCCCCCCCCC)[C@@H](O)CCCC(=O)O. The highest BCUT2D eigenvalue weighted by atomic mass is 32.2. The lowest BCUT2D eigenvalue weighted by atomic mass is 10.0. The van der Waals surface area contributed by atoms with Crippen LogP contribution in [-0.2, 0) is 23.9 Å². The number of aliphatic carboxylic acids is 1. The Hall–Kier alpha value is -2.40. The first kappa shape index (κ1) is 49.6. The summed E-state index contributed by atoms with van der Waals surface area (Å²) in [6, 6.07) is -1.01. The molecule has 0 heterocycles. The van der Waals surface area contributed by atoms with Crippen molar-refractivity contribution in [3.05, 3.63) is 48.6 Å². The molecule has 0 aromatic heterocycles. The molecule has 0 aromatic carbocycles. The second-order valence-electron chi connectivity index (χ2n) is 13.6. The van der Waals surface area contributed by atoms with Gasteiger partial charge in [0.15, 0.2) is 6.10 Å². The zero-order chi connectivity index (χ0) is 38.5. The Bertz CT molecular complexity index is 998. The van der Waals surface area contributed by atoms with Gasteiger partial charge in [-0.05, 0) is 38.5 Å². The van der Waals surface area contributed by atoms with Crippen molar-refractivity contribution in [2.75, 3.05) is 19.0 Å². The number of aliphatic hydroxyl groups is 2. The Morgan fingerprint density at radius 2 is 1.33 bits per heavy atom. The number of aliphatic hydroxyl groups excluding tert-OH is 2. The fourth-order valence-electron chi connectivity index (χ4n) is 5.41. The Morgan fingerprint density at radius 1 is 0.731 bits per heavy atom. The molecule has 0 saturated heterocycles. The van der Waals surface area contributed by atoms with Crippen LogP contribution in [-0.4, -0.2) is 75.7 Å². The second kappa shape index (κ2) is 36.9. The predicted molar refractivity (Wildman–Crippen MR) is 215 cm³/mol. The summed E-state index contributed by atoms with van der Waals surface area (Å²) in [6.45, 7) is 3.66. The number of carboxylic acids is 1. The second-order valence-corrected chi connectivity index (χ2v) is 14.8. The van der Waals surface area contributed by atoms with E-state index in [0.717, 1.165) is 32.1 Å². The number of carbonyl (C=O) groups excluding carboxylic acids is 2. The van der Waals surface area contributed by atoms with E-state index in [2.05, 4.69) is 32.1 Å². The van der Waals surface area contributed by atoms with Crippen molar-refractivity contribution in [2.24, 2.45) is 5.73 Å². The number of thioether (sulfide) groups is 1. The largest absolute Gasteiger partial charge is 0.481 e. The summed E-state index contributed by atoms with van der Waals surface area (Å²) in [7, 11) is 0. The van der Waals surface area contributed by atoms with Crippen molar-refractivity contribution in [1.29, 1.82) is 0 Å². The molecule has 0 aromatic rings. The van der Waals surface area contributed by atoms with E-state index >= 15 is 0 Å². The van der Waals surface area contributed by atoms with Gasteiger partial charge in [0, 0.05) is 23.8 Å². The van der Waals surface area contributed by atoms with Gasteiger partial charge in [-0.1, -0.05) is 152 Å². The van der Waals surface area contributed by atoms with Crippen LogP contribution in [0.1, 0.15) is 155 Å². The van der Waals surface area contributed by atoms with E-state index in [-0.39, 0.29) is 31.6 Å². The van der Waals surface area contributed by atoms with E-state index in [9.17, 15) is 24.6 Å². The van der Waals surface area contributed by atoms with Gasteiger partial charge >= 0.3 is 17.9 Å². The maximum absolute atomic E-state index is 12.6. The minimum absolute atomic E-state index is 0.0439. The molecule has 10 heteroatoms. The minimum atomic E-state index is -1.01. The third-order valence-electron chi connectivity index (χ3n) is 8.62. The lowest BCUT2D eigenvalue weighted by molar-refractivity contribution is -0.161. The molecule has 0 aliphatic heterocycles. The number of unbranched alkanes of at least 4 members (excludes halogenated alkanes) is 15. The highest BCUT2D eigenvalue weighted by Gasteiger charge is 2.23. The fraction of sp³-hybridized carbons (Fsp3) is 0.738. The minimum Gasteiger partial charge on any atom is -0.481 e. The fourth-order valence-corrected chi connectivity index (χ4v) is 6.53. The summed E-state index contributed by atoms with van der Waals surface area (Å²) in [4.78, 5) is 35.8. The molecule has 9 nitrogen and oxygen atoms in total. The molecule has 0 rings (SSSR count). The summed E-state index contributed by atoms with van der Waals surface area (Å²) in [6.07, 6.45) is 36.2. The number of hydrogen-bond acceptors (Lipinski definition) is 9. The number of nitrogens with two attached hydrogens (primary N) is 1. The van der Waals surface area contributed by atoms with Gasteiger partial charge in [-0.3, -0.25) is 14.4 Å². The summed E-state index contributed by atoms with van der Waals surface area (Å²) in [5.41, 5.74) is 6.09. The normalized spacial score (nSPS) is 14.4. The first-order valence-electron chi connectivity index (χ1n) is 20.1. The van der Waals surface area contributed by atoms with Crippen molar-refractivity contribution in [3.8, 4) is 0 Å². The Morgan fingerprint density at radius 3 is 1.94 bits per heavy atom. The van der Waals surface area contributed by atoms with Gasteiger partial charge in [-0.2, -0.15) is 0 Å². The molecule has 0 amide bonds. The number of esters is 2. The Balaban J connectivity index is 4.53. The Kier molecular flexibility index (Phi) is 35.2. The molecule has 0 radical (unpaired) electrons. The van der Waals surface area contributed by atoms with E-state index in [1.807, 2.05) is 30.4 Å². The molecule has 0 unspecified atom stereocenters. The molecule has 300 valence electrons. The molecule has 0 aliphatic rings. The van der Waals surface area contributed by atoms with Crippen molar-refractivity contribution < 1.29 is 39.2 Å². The van der Waals surface area contributed by atoms with Crippen LogP contribution in [0.3, 0.4) is 0 Å². The summed E-state index contributed by atoms with van der Waals surface area (Å²) in [5, 5.41) is 29.0. The monoisotopic (exact) mass is 752 g/mol. The zero-order valence-electron chi connectivity index (χ0n) is 32.5. The third kappa shape index (κ3) is 32.3. The molecule has 0 fully saturated rings. The molecule has 52 heavy (non-hydrogen) atoms. The smallest absolute Gasteiger partial charge is 0.323 e. The topological polar surface area (TPSA) is 156 Å². The lowest BCUT2D eigenvalue weighted by Gasteiger charge is -2.21. The van der Waals surface area contributed by atoms with Gasteiger partial charge in [0.25, 0.3) is 0 Å². The van der Waals surface area contributed by atoms with E-state index in [1.54, 1.807) is 0 Å². The quantitative estimate of drug-likeness (QED) is 0.0211. The van der Waals surface area contributed by atoms with Crippen LogP contribution in [0.5, 0.6) is 0 Å². The van der Waals surface area contributed by atoms with Crippen molar-refractivity contribution in [1.82, 2.24) is 0 Å². The molecule has 5 N–H and O–H groups in total. The van der Waals surface area contributed by atoms with Gasteiger partial charge in [0.05, 0.1) is 12.7 Å². The van der Waals surface area contributed by atoms with Crippen LogP contribution in [0.25, 0.3) is 0 Å². The molecule has 0 bridgehead atoms. The average molecular weight is 752 g/mol. The van der Waals surface area contributed by atoms with Gasteiger partial charge in [0.1, 0.15) is 12.6 Å². The highest BCUT2D eigenvalue weighted by Crippen LogP contribution is 2.22. The predicted octanol–water partition coefficient (Wildman–Crippen LogP) is 9.16. The van der Waals surface area contributed by atoms with Gasteiger partial charge in [-0.25, -0.2) is 0 Å². The number of carboxylic acid groups (broad SMARTS) is 1. The standard InChI is InChI=1S/C42H73NO8S/c1-3-5-7-9-11-13-15-17-19-21-23-25-27-32-41(48)51-36(33-44)34-50-42(49)37(43)35-52-39(38(45)29-28-31-40(46)47)30-26-24-22-20-18-16-14-12-10-8-6-4-2/h12,14,18,20,22,24,26,30,36-39,44-45H,3-11,13,15-17,19,21,23,25,27-29,31-35,43H2,1-2H3,(H,46,47)/b14-12-,20-18-,24-22+,30-26+/t36-,37-,38-,39+/m0/s1. The highest BCUT2D eigenvalue weighted by molar-refractivity contribution is 8.00. The van der Waals surface area contributed by atoms with Crippen LogP contribution >= 0.6 is 11.8 Å². The van der Waals surface area contributed by atoms with E-state index in [4.69, 9.17) is 20.3 Å². The van der Waals surface area contributed by atoms with Gasteiger partial charge in [0.2, 0.25) is 0 Å². The summed E-state index contributed by atoms with van der Waals surface area (Å²) in [5.74, 6) is -1.91. The average Bonchev–Trinajstić information content (AvgIpc) is 3.13. The first-order valence-corrected chi connectivity index (χ1v) is 21.2. The van der Waals surface area contributed by atoms with Crippen LogP contribution in [0.2, 0.25) is 0 Å². The Labute approximate surface area is 320 Å². The van der Waals surface area contributed by atoms with Crippen LogP contribution in [0.15, 0.2) is 48.6 Å². The maximum atomic E-state index is 12.6. The number of ether oxygens (including phenoxy) is 2. The van der Waals surface area contributed by atoms with Crippen molar-refractivity contribution >= 4 is 29.7 Å². The van der Waals surface area contributed by atoms with Crippen molar-refractivity contribution in [3.63, 3.8) is 0 Å². The molecular weight excluding hydrogens is 679 g/mol. The third-order valence-corrected chi connectivity index (χ3v) is 10.0. The van der Waals surface area contributed by atoms with Gasteiger partial charge < -0.3 is 30.5 Å². The number of hydrogen-bond donors (Lipinski definition) is 4. The summed E-state index contributed by atoms with van der Waals surface area (Å²) >= 11 is 1.27. The van der Waals surface area contributed by atoms with Crippen LogP contribution in [0.4, 0.5) is 0 Å². The van der Waals surface area contributed by atoms with Crippen molar-refractivity contribution in [2.45, 2.75) is 179 Å². The molecule has 0 aliphatic carbocycles. The van der Waals surface area contributed by atoms with E-state index in [1.165, 1.54) is 95.2 Å². The van der Waals surface area contributed by atoms with Gasteiger partial charge in [-0.15, -0.1) is 11.8 Å². The number of allylic oxidation sites excluding steroid dienone is 7. The first-order chi connectivity index (χ1) is 25.2. The lowest BCUT2D eigenvalue weighted by Crippen LogP contribution is -2.38. The number of rotatable bonds is 36. The molecule has 0 saturated carbocycles. The molecule has 0 spiro atoms. The van der Waals surface area contributed by atoms with Crippen LogP contribution < -0.4 is 5.73 Å². The number of carbonyl (C=O) groups is 3. The summed E-state index contributed by atoms with van der Waals surface area (Å²) < 4.78 is 10.6. The van der Waals surface area contributed by atoms with E-state index < -0.39 is 48.0 Å². The zero-order valence-corrected chi connectivity index (χ0v) is 33.3.